The number of amides is 1. The molecule has 2 aromatic rings. The highest BCUT2D eigenvalue weighted by molar-refractivity contribution is 5.93. The average molecular weight is 455 g/mol. The minimum absolute atomic E-state index is 0.0464. The summed E-state index contributed by atoms with van der Waals surface area (Å²) in [7, 11) is 0. The predicted octanol–water partition coefficient (Wildman–Crippen LogP) is 3.47. The number of carbonyl (C=O) groups excluding carboxylic acids is 1. The van der Waals surface area contributed by atoms with Crippen molar-refractivity contribution in [1.82, 2.24) is 15.2 Å². The van der Waals surface area contributed by atoms with Gasteiger partial charge >= 0.3 is 12.3 Å². The fourth-order valence-corrected chi connectivity index (χ4v) is 3.35. The van der Waals surface area contributed by atoms with Crippen molar-refractivity contribution in [2.45, 2.75) is 25.3 Å². The Kier molecular flexibility index (Phi) is 8.03. The lowest BCUT2D eigenvalue weighted by atomic mass is 10.0. The van der Waals surface area contributed by atoms with Crippen LogP contribution in [0.1, 0.15) is 27.5 Å². The Hall–Kier alpha value is -2.72. The Balaban J connectivity index is 1.62. The van der Waals surface area contributed by atoms with E-state index in [4.69, 9.17) is 4.74 Å². The maximum Gasteiger partial charge on any atom is 0.340 e. The van der Waals surface area contributed by atoms with Crippen molar-refractivity contribution in [3.8, 4) is 5.88 Å². The molecule has 0 bridgehead atoms. The van der Waals surface area contributed by atoms with Gasteiger partial charge < -0.3 is 14.8 Å². The molecule has 3 rings (SSSR count). The minimum atomic E-state index is -4.28. The Labute approximate surface area is 183 Å². The molecule has 0 radical (unpaired) electrons. The molecule has 1 saturated heterocycles. The molecule has 0 saturated carbocycles. The molecule has 1 unspecified atom stereocenters. The number of morpholine rings is 1. The maximum atomic E-state index is 13.0. The largest absolute Gasteiger partial charge is 0.471 e. The van der Waals surface area contributed by atoms with Gasteiger partial charge in [0.1, 0.15) is 0 Å². The number of carbonyl (C=O) groups is 1. The van der Waals surface area contributed by atoms with Crippen molar-refractivity contribution >= 4 is 5.91 Å². The summed E-state index contributed by atoms with van der Waals surface area (Å²) in [4.78, 5) is 18.6. The second-order valence-electron chi connectivity index (χ2n) is 7.52. The van der Waals surface area contributed by atoms with Crippen LogP contribution in [0.4, 0.5) is 17.6 Å². The number of aromatic nitrogens is 1. The molecule has 174 valence electrons. The fourth-order valence-electron chi connectivity index (χ4n) is 3.35. The van der Waals surface area contributed by atoms with Gasteiger partial charge in [0.15, 0.2) is 6.61 Å². The number of halogens is 4. The van der Waals surface area contributed by atoms with Gasteiger partial charge in [-0.3, -0.25) is 9.69 Å². The van der Waals surface area contributed by atoms with Gasteiger partial charge in [-0.25, -0.2) is 13.8 Å². The molecule has 1 atom stereocenters. The van der Waals surface area contributed by atoms with E-state index >= 15 is 0 Å². The number of rotatable bonds is 9. The van der Waals surface area contributed by atoms with E-state index in [1.807, 2.05) is 25.1 Å². The van der Waals surface area contributed by atoms with E-state index < -0.39 is 24.9 Å². The zero-order chi connectivity index (χ0) is 23.1. The zero-order valence-electron chi connectivity index (χ0n) is 17.6. The summed E-state index contributed by atoms with van der Waals surface area (Å²) in [6.07, 6.45) is -2.68. The molecule has 32 heavy (non-hydrogen) atoms. The second-order valence-corrected chi connectivity index (χ2v) is 7.52. The van der Waals surface area contributed by atoms with Crippen molar-refractivity contribution in [3.63, 3.8) is 0 Å². The number of aryl methyl sites for hydroxylation is 1. The van der Waals surface area contributed by atoms with Gasteiger partial charge in [-0.05, 0) is 18.6 Å². The molecule has 1 amide bonds. The zero-order valence-corrected chi connectivity index (χ0v) is 17.6. The summed E-state index contributed by atoms with van der Waals surface area (Å²) in [5, 5.41) is 2.88. The molecule has 1 aliphatic heterocycles. The molecule has 10 heteroatoms. The monoisotopic (exact) mass is 455 g/mol. The van der Waals surface area contributed by atoms with Gasteiger partial charge in [-0.15, -0.1) is 0 Å². The van der Waals surface area contributed by atoms with Gasteiger partial charge in [0, 0.05) is 31.9 Å². The molecular weight excluding hydrogens is 430 g/mol. The van der Waals surface area contributed by atoms with Crippen molar-refractivity contribution in [2.75, 3.05) is 39.5 Å². The summed E-state index contributed by atoms with van der Waals surface area (Å²) in [6.45, 7) is 3.57. The molecule has 1 fully saturated rings. The summed E-state index contributed by atoms with van der Waals surface area (Å²) >= 11 is 0. The maximum absolute atomic E-state index is 13.0. The van der Waals surface area contributed by atoms with Crippen LogP contribution < -0.4 is 10.1 Å². The van der Waals surface area contributed by atoms with Gasteiger partial charge in [-0.1, -0.05) is 29.8 Å². The molecule has 0 aliphatic carbocycles. The van der Waals surface area contributed by atoms with E-state index in [9.17, 15) is 22.4 Å². The van der Waals surface area contributed by atoms with Crippen LogP contribution in [0.15, 0.2) is 42.6 Å². The van der Waals surface area contributed by atoms with Crippen LogP contribution >= 0.6 is 0 Å². The Morgan fingerprint density at radius 3 is 2.62 bits per heavy atom. The molecule has 1 N–H and O–H groups in total. The van der Waals surface area contributed by atoms with E-state index in [-0.39, 0.29) is 17.5 Å². The van der Waals surface area contributed by atoms with Gasteiger partial charge in [-0.2, -0.15) is 8.78 Å². The minimum Gasteiger partial charge on any atom is -0.471 e. The third kappa shape index (κ3) is 6.39. The lowest BCUT2D eigenvalue weighted by Crippen LogP contribution is -2.43. The summed E-state index contributed by atoms with van der Waals surface area (Å²) in [5.41, 5.74) is 2.39. The van der Waals surface area contributed by atoms with Crippen LogP contribution in [0.25, 0.3) is 0 Å². The topological polar surface area (TPSA) is 63.7 Å². The highest BCUT2D eigenvalue weighted by Crippen LogP contribution is 2.24. The van der Waals surface area contributed by atoms with Gasteiger partial charge in [0.05, 0.1) is 24.8 Å². The first kappa shape index (κ1) is 23.9. The van der Waals surface area contributed by atoms with E-state index in [0.29, 0.717) is 19.8 Å². The SMILES string of the molecule is Cc1cccc(C(CNC(=O)c2ccc(OCC(F)(F)C(F)F)nc2)N2CCOCC2)c1. The summed E-state index contributed by atoms with van der Waals surface area (Å²) in [6, 6.07) is 10.6. The van der Waals surface area contributed by atoms with Gasteiger partial charge in [0.2, 0.25) is 5.88 Å². The van der Waals surface area contributed by atoms with Crippen LogP contribution in [0, 0.1) is 6.92 Å². The molecule has 2 heterocycles. The number of hydrogen-bond acceptors (Lipinski definition) is 5. The van der Waals surface area contributed by atoms with E-state index in [1.165, 1.54) is 12.1 Å². The van der Waals surface area contributed by atoms with Crippen LogP contribution in [0.2, 0.25) is 0 Å². The number of nitrogens with zero attached hydrogens (tertiary/aromatic N) is 2. The van der Waals surface area contributed by atoms with E-state index in [0.717, 1.165) is 30.4 Å². The lowest BCUT2D eigenvalue weighted by Gasteiger charge is -2.35. The Bertz CT molecular complexity index is 890. The standard InChI is InChI=1S/C22H25F4N3O3/c1-15-3-2-4-16(11-15)18(29-7-9-31-10-8-29)13-28-20(30)17-5-6-19(27-12-17)32-14-22(25,26)21(23)24/h2-6,11-12,18,21H,7-10,13-14H2,1H3,(H,28,30). The van der Waals surface area contributed by atoms with Crippen molar-refractivity contribution in [1.29, 1.82) is 0 Å². The lowest BCUT2D eigenvalue weighted by molar-refractivity contribution is -0.148. The second kappa shape index (κ2) is 10.7. The van der Waals surface area contributed by atoms with E-state index in [2.05, 4.69) is 26.0 Å². The Morgan fingerprint density at radius 2 is 2.00 bits per heavy atom. The summed E-state index contributed by atoms with van der Waals surface area (Å²) in [5.74, 6) is -4.94. The van der Waals surface area contributed by atoms with Crippen molar-refractivity contribution in [2.24, 2.45) is 0 Å². The number of alkyl halides is 4. The first-order chi connectivity index (χ1) is 15.3. The molecule has 0 spiro atoms. The fraction of sp³-hybridized carbons (Fsp3) is 0.455. The predicted molar refractivity (Wildman–Crippen MR) is 109 cm³/mol. The van der Waals surface area contributed by atoms with Crippen molar-refractivity contribution in [3.05, 3.63) is 59.3 Å². The highest BCUT2D eigenvalue weighted by atomic mass is 19.3. The third-order valence-electron chi connectivity index (χ3n) is 5.10. The quantitative estimate of drug-likeness (QED) is 0.587. The third-order valence-corrected chi connectivity index (χ3v) is 5.10. The average Bonchev–Trinajstić information content (AvgIpc) is 2.79. The van der Waals surface area contributed by atoms with Crippen LogP contribution in [0.5, 0.6) is 5.88 Å². The van der Waals surface area contributed by atoms with Gasteiger partial charge in [0.25, 0.3) is 5.91 Å². The molecule has 1 aromatic heterocycles. The number of nitrogens with one attached hydrogen (secondary N) is 1. The first-order valence-electron chi connectivity index (χ1n) is 10.2. The van der Waals surface area contributed by atoms with E-state index in [1.54, 1.807) is 0 Å². The number of ether oxygens (including phenoxy) is 2. The Morgan fingerprint density at radius 1 is 1.25 bits per heavy atom. The molecule has 6 nitrogen and oxygen atoms in total. The molecule has 1 aliphatic rings. The number of benzene rings is 1. The smallest absolute Gasteiger partial charge is 0.340 e. The van der Waals surface area contributed by atoms with Crippen LogP contribution in [-0.4, -0.2) is 67.6 Å². The van der Waals surface area contributed by atoms with Crippen molar-refractivity contribution < 1.29 is 31.8 Å². The number of hydrogen-bond donors (Lipinski definition) is 1. The molecular formula is C22H25F4N3O3. The first-order valence-corrected chi connectivity index (χ1v) is 10.2. The highest BCUT2D eigenvalue weighted by Gasteiger charge is 2.41. The number of pyridine rings is 1. The van der Waals surface area contributed by atoms with Crippen LogP contribution in [-0.2, 0) is 4.74 Å². The van der Waals surface area contributed by atoms with Crippen LogP contribution in [0.3, 0.4) is 0 Å². The molecule has 1 aromatic carbocycles. The normalized spacial score (nSPS) is 16.1. The summed E-state index contributed by atoms with van der Waals surface area (Å²) < 4.78 is 60.4.